The molecule has 1 aromatic rings. The fraction of sp³-hybridized carbons (Fsp3) is 0.708. The van der Waals surface area contributed by atoms with Gasteiger partial charge in [-0.05, 0) is 44.7 Å². The van der Waals surface area contributed by atoms with Gasteiger partial charge in [-0.3, -0.25) is 0 Å². The molecule has 1 aliphatic carbocycles. The second kappa shape index (κ2) is 13.1. The quantitative estimate of drug-likeness (QED) is 0.641. The summed E-state index contributed by atoms with van der Waals surface area (Å²) in [6.45, 7) is 2.80. The standard InChI is InChI=1S/C22H35N3O3S.2CH4/c1-18-12-14-21(15-13-18)29(27,28)25-16-8-7-11-20(25)17-23-22(26)24-19-9-5-3-2-4-6-10-19;;/h12-15,19-20H,2-11,16-17H2,1H3,(H2,23,24,26);2*1H4. The third-order valence-electron chi connectivity index (χ3n) is 6.14. The molecule has 1 heterocycles. The first kappa shape index (κ1) is 27.4. The van der Waals surface area contributed by atoms with Gasteiger partial charge in [0.1, 0.15) is 0 Å². The van der Waals surface area contributed by atoms with Gasteiger partial charge in [0.25, 0.3) is 0 Å². The van der Waals surface area contributed by atoms with Crippen molar-refractivity contribution in [2.45, 2.75) is 103 Å². The number of carbonyl (C=O) groups is 1. The van der Waals surface area contributed by atoms with Crippen LogP contribution in [0.25, 0.3) is 0 Å². The number of piperidine rings is 1. The molecule has 1 saturated carbocycles. The minimum absolute atomic E-state index is 0. The molecule has 2 aliphatic rings. The first-order chi connectivity index (χ1) is 14.0. The Labute approximate surface area is 190 Å². The molecule has 1 unspecified atom stereocenters. The van der Waals surface area contributed by atoms with Gasteiger partial charge in [0, 0.05) is 25.2 Å². The summed E-state index contributed by atoms with van der Waals surface area (Å²) < 4.78 is 27.9. The number of amides is 2. The number of urea groups is 1. The molecule has 2 fully saturated rings. The zero-order valence-electron chi connectivity index (χ0n) is 17.5. The van der Waals surface area contributed by atoms with E-state index >= 15 is 0 Å². The van der Waals surface area contributed by atoms with E-state index in [0.29, 0.717) is 18.0 Å². The van der Waals surface area contributed by atoms with Crippen LogP contribution in [0.15, 0.2) is 29.2 Å². The van der Waals surface area contributed by atoms with Crippen LogP contribution in [-0.4, -0.2) is 43.9 Å². The molecule has 0 aromatic heterocycles. The highest BCUT2D eigenvalue weighted by Crippen LogP contribution is 2.25. The lowest BCUT2D eigenvalue weighted by Crippen LogP contribution is -2.51. The predicted molar refractivity (Wildman–Crippen MR) is 129 cm³/mol. The highest BCUT2D eigenvalue weighted by molar-refractivity contribution is 7.89. The lowest BCUT2D eigenvalue weighted by atomic mass is 9.97. The highest BCUT2D eigenvalue weighted by atomic mass is 32.2. The number of nitrogens with zero attached hydrogens (tertiary/aromatic N) is 1. The Kier molecular flexibility index (Phi) is 11.6. The number of nitrogens with one attached hydrogen (secondary N) is 2. The number of benzene rings is 1. The molecule has 6 nitrogen and oxygen atoms in total. The predicted octanol–water partition coefficient (Wildman–Crippen LogP) is 5.22. The van der Waals surface area contributed by atoms with Gasteiger partial charge >= 0.3 is 6.03 Å². The Hall–Kier alpha value is -1.60. The summed E-state index contributed by atoms with van der Waals surface area (Å²) in [5.41, 5.74) is 1.03. The van der Waals surface area contributed by atoms with Crippen LogP contribution in [0.5, 0.6) is 0 Å². The molecule has 1 saturated heterocycles. The number of hydrogen-bond donors (Lipinski definition) is 2. The topological polar surface area (TPSA) is 78.5 Å². The van der Waals surface area contributed by atoms with Crippen LogP contribution < -0.4 is 10.6 Å². The van der Waals surface area contributed by atoms with Gasteiger partial charge in [0.2, 0.25) is 10.0 Å². The van der Waals surface area contributed by atoms with E-state index in [2.05, 4.69) is 10.6 Å². The Bertz CT molecular complexity index is 757. The van der Waals surface area contributed by atoms with Crippen LogP contribution in [0.2, 0.25) is 0 Å². The van der Waals surface area contributed by atoms with E-state index in [0.717, 1.165) is 50.5 Å². The average Bonchev–Trinajstić information content (AvgIpc) is 2.69. The maximum absolute atomic E-state index is 13.1. The molecule has 1 aromatic carbocycles. The van der Waals surface area contributed by atoms with Crippen molar-refractivity contribution in [3.63, 3.8) is 0 Å². The van der Waals surface area contributed by atoms with E-state index < -0.39 is 10.0 Å². The van der Waals surface area contributed by atoms with E-state index in [9.17, 15) is 13.2 Å². The van der Waals surface area contributed by atoms with Gasteiger partial charge in [-0.2, -0.15) is 4.31 Å². The average molecular weight is 454 g/mol. The Balaban J connectivity index is 0.00000240. The van der Waals surface area contributed by atoms with Crippen LogP contribution in [0.3, 0.4) is 0 Å². The summed E-state index contributed by atoms with van der Waals surface area (Å²) in [5.74, 6) is 0. The van der Waals surface area contributed by atoms with E-state index in [1.807, 2.05) is 19.1 Å². The molecular formula is C24H43N3O3S. The normalized spacial score (nSPS) is 21.0. The van der Waals surface area contributed by atoms with Gasteiger partial charge in [0.05, 0.1) is 4.90 Å². The Morgan fingerprint density at radius 2 is 1.52 bits per heavy atom. The molecule has 1 aliphatic heterocycles. The van der Waals surface area contributed by atoms with Crippen molar-refractivity contribution in [2.24, 2.45) is 0 Å². The second-order valence-electron chi connectivity index (χ2n) is 8.47. The van der Waals surface area contributed by atoms with E-state index in [1.54, 1.807) is 16.4 Å². The number of carbonyl (C=O) groups excluding carboxylic acids is 1. The minimum Gasteiger partial charge on any atom is -0.337 e. The summed E-state index contributed by atoms with van der Waals surface area (Å²) in [6.07, 6.45) is 10.8. The highest BCUT2D eigenvalue weighted by Gasteiger charge is 2.33. The summed E-state index contributed by atoms with van der Waals surface area (Å²) >= 11 is 0. The van der Waals surface area contributed by atoms with Gasteiger partial charge in [0.15, 0.2) is 0 Å². The van der Waals surface area contributed by atoms with E-state index in [4.69, 9.17) is 0 Å². The molecule has 0 spiro atoms. The Morgan fingerprint density at radius 3 is 2.16 bits per heavy atom. The lowest BCUT2D eigenvalue weighted by Gasteiger charge is -2.35. The summed E-state index contributed by atoms with van der Waals surface area (Å²) in [7, 11) is -3.55. The zero-order valence-corrected chi connectivity index (χ0v) is 18.3. The van der Waals surface area contributed by atoms with Gasteiger partial charge < -0.3 is 10.6 Å². The smallest absolute Gasteiger partial charge is 0.315 e. The molecule has 3 rings (SSSR count). The molecule has 7 heteroatoms. The van der Waals surface area contributed by atoms with Crippen LogP contribution in [0.1, 0.15) is 84.6 Å². The monoisotopic (exact) mass is 453 g/mol. The SMILES string of the molecule is C.C.Cc1ccc(S(=O)(=O)N2CCCCC2CNC(=O)NC2CCCCCCC2)cc1. The van der Waals surface area contributed by atoms with E-state index in [1.165, 1.54) is 19.3 Å². The molecule has 0 bridgehead atoms. The molecular weight excluding hydrogens is 410 g/mol. The van der Waals surface area contributed by atoms with Gasteiger partial charge in [-0.15, -0.1) is 0 Å². The van der Waals surface area contributed by atoms with Gasteiger partial charge in [-0.25, -0.2) is 13.2 Å². The van der Waals surface area contributed by atoms with Crippen molar-refractivity contribution >= 4 is 16.1 Å². The van der Waals surface area contributed by atoms with Crippen molar-refractivity contribution in [3.8, 4) is 0 Å². The Morgan fingerprint density at radius 1 is 0.935 bits per heavy atom. The summed E-state index contributed by atoms with van der Waals surface area (Å²) in [6, 6.07) is 6.86. The molecule has 31 heavy (non-hydrogen) atoms. The number of sulfonamides is 1. The minimum atomic E-state index is -3.55. The van der Waals surface area contributed by atoms with Crippen molar-refractivity contribution in [2.75, 3.05) is 13.1 Å². The largest absolute Gasteiger partial charge is 0.337 e. The van der Waals surface area contributed by atoms with Crippen LogP contribution >= 0.6 is 0 Å². The molecule has 178 valence electrons. The van der Waals surface area contributed by atoms with Crippen molar-refractivity contribution < 1.29 is 13.2 Å². The van der Waals surface area contributed by atoms with Crippen LogP contribution in [-0.2, 0) is 10.0 Å². The fourth-order valence-electron chi connectivity index (χ4n) is 4.39. The fourth-order valence-corrected chi connectivity index (χ4v) is 6.08. The van der Waals surface area contributed by atoms with Crippen molar-refractivity contribution in [1.29, 1.82) is 0 Å². The van der Waals surface area contributed by atoms with Crippen LogP contribution in [0.4, 0.5) is 4.79 Å². The lowest BCUT2D eigenvalue weighted by molar-refractivity contribution is 0.219. The summed E-state index contributed by atoms with van der Waals surface area (Å²) in [5, 5.41) is 6.04. The van der Waals surface area contributed by atoms with Crippen molar-refractivity contribution in [3.05, 3.63) is 29.8 Å². The molecule has 2 amide bonds. The van der Waals surface area contributed by atoms with Crippen molar-refractivity contribution in [1.82, 2.24) is 14.9 Å². The molecule has 1 atom stereocenters. The molecule has 0 radical (unpaired) electrons. The zero-order chi connectivity index (χ0) is 20.7. The summed E-state index contributed by atoms with van der Waals surface area (Å²) in [4.78, 5) is 12.8. The second-order valence-corrected chi connectivity index (χ2v) is 10.4. The third-order valence-corrected chi connectivity index (χ3v) is 8.11. The number of hydrogen-bond acceptors (Lipinski definition) is 3. The molecule has 2 N–H and O–H groups in total. The van der Waals surface area contributed by atoms with E-state index in [-0.39, 0.29) is 33.0 Å². The maximum atomic E-state index is 13.1. The number of aryl methyl sites for hydroxylation is 1. The van der Waals surface area contributed by atoms with Crippen LogP contribution in [0, 0.1) is 6.92 Å². The number of rotatable bonds is 5. The first-order valence-corrected chi connectivity index (χ1v) is 12.5. The van der Waals surface area contributed by atoms with Gasteiger partial charge in [-0.1, -0.05) is 71.1 Å². The maximum Gasteiger partial charge on any atom is 0.315 e. The first-order valence-electron chi connectivity index (χ1n) is 11.1. The third kappa shape index (κ3) is 7.79.